The zero-order chi connectivity index (χ0) is 19.2. The molecule has 0 aliphatic heterocycles. The van der Waals surface area contributed by atoms with Gasteiger partial charge in [-0.1, -0.05) is 46.6 Å². The fraction of sp³-hybridized carbons (Fsp3) is 0.278. The van der Waals surface area contributed by atoms with Gasteiger partial charge in [0.15, 0.2) is 5.58 Å². The van der Waals surface area contributed by atoms with Crippen molar-refractivity contribution in [3.05, 3.63) is 67.6 Å². The quantitative estimate of drug-likeness (QED) is 0.493. The van der Waals surface area contributed by atoms with Crippen molar-refractivity contribution in [2.75, 3.05) is 0 Å². The number of aryl methyl sites for hydroxylation is 1. The van der Waals surface area contributed by atoms with Gasteiger partial charge in [-0.3, -0.25) is 4.57 Å². The topological polar surface area (TPSA) is 35.1 Å². The fourth-order valence-corrected chi connectivity index (χ4v) is 3.99. The summed E-state index contributed by atoms with van der Waals surface area (Å²) in [5, 5.41) is 0.262. The number of fused-ring (bicyclic) bond motifs is 1. The molecule has 0 aliphatic carbocycles. The van der Waals surface area contributed by atoms with Crippen molar-refractivity contribution in [1.29, 1.82) is 0 Å². The van der Waals surface area contributed by atoms with Crippen LogP contribution in [0.25, 0.3) is 11.1 Å². The van der Waals surface area contributed by atoms with E-state index in [0.717, 1.165) is 0 Å². The lowest BCUT2D eigenvalue weighted by atomic mass is 9.82. The third kappa shape index (κ3) is 3.42. The highest BCUT2D eigenvalue weighted by atomic mass is 79.9. The van der Waals surface area contributed by atoms with Gasteiger partial charge in [-0.2, -0.15) is 13.2 Å². The number of oxazole rings is 1. The summed E-state index contributed by atoms with van der Waals surface area (Å²) in [5.74, 6) is -3.32. The van der Waals surface area contributed by atoms with Crippen LogP contribution >= 0.6 is 27.5 Å². The molecule has 0 amide bonds. The maximum atomic E-state index is 13.9. The Morgan fingerprint density at radius 2 is 1.88 bits per heavy atom. The number of benzene rings is 2. The third-order valence-corrected chi connectivity index (χ3v) is 5.30. The van der Waals surface area contributed by atoms with Crippen LogP contribution in [0.2, 0.25) is 5.02 Å². The second-order valence-corrected chi connectivity index (χ2v) is 7.45. The second-order valence-electron chi connectivity index (χ2n) is 6.13. The van der Waals surface area contributed by atoms with E-state index in [0.29, 0.717) is 15.6 Å². The predicted octanol–water partition coefficient (Wildman–Crippen LogP) is 6.00. The van der Waals surface area contributed by atoms with Gasteiger partial charge in [0.2, 0.25) is 0 Å². The Balaban J connectivity index is 2.14. The van der Waals surface area contributed by atoms with E-state index in [9.17, 15) is 18.0 Å². The Morgan fingerprint density at radius 1 is 1.19 bits per heavy atom. The maximum absolute atomic E-state index is 13.9. The molecule has 0 aliphatic rings. The van der Waals surface area contributed by atoms with Gasteiger partial charge in [0.05, 0.1) is 11.4 Å². The highest BCUT2D eigenvalue weighted by molar-refractivity contribution is 9.10. The molecule has 1 aromatic heterocycles. The van der Waals surface area contributed by atoms with Crippen LogP contribution < -0.4 is 5.76 Å². The molecule has 0 fully saturated rings. The standard InChI is InChI=1S/C18H14BrClF3NO2/c1-9(12-5-4-11(19)8-13(12)20)16(18(21,22)23)10-3-6-15-14(7-10)24(2)17(25)26-15/h3-9,16H,1-2H3. The summed E-state index contributed by atoms with van der Waals surface area (Å²) in [5.41, 5.74) is 1.01. The summed E-state index contributed by atoms with van der Waals surface area (Å²) in [6.45, 7) is 1.49. The van der Waals surface area contributed by atoms with Crippen molar-refractivity contribution in [2.45, 2.75) is 24.9 Å². The Labute approximate surface area is 160 Å². The molecule has 3 rings (SSSR count). The molecule has 26 heavy (non-hydrogen) atoms. The number of aromatic nitrogens is 1. The first-order valence-corrected chi connectivity index (χ1v) is 8.88. The lowest BCUT2D eigenvalue weighted by Gasteiger charge is -2.28. The van der Waals surface area contributed by atoms with Crippen LogP contribution in [0.1, 0.15) is 29.9 Å². The minimum absolute atomic E-state index is 0.0490. The van der Waals surface area contributed by atoms with Crippen LogP contribution in [0.5, 0.6) is 0 Å². The fourth-order valence-electron chi connectivity index (χ4n) is 3.15. The van der Waals surface area contributed by atoms with Crippen molar-refractivity contribution < 1.29 is 17.6 Å². The lowest BCUT2D eigenvalue weighted by molar-refractivity contribution is -0.154. The molecule has 0 saturated carbocycles. The molecular formula is C18H14BrClF3NO2. The Morgan fingerprint density at radius 3 is 2.50 bits per heavy atom. The molecule has 0 N–H and O–H groups in total. The number of hydrogen-bond donors (Lipinski definition) is 0. The van der Waals surface area contributed by atoms with Gasteiger partial charge >= 0.3 is 11.9 Å². The molecule has 2 unspecified atom stereocenters. The molecule has 0 bridgehead atoms. The Hall–Kier alpha value is -1.73. The van der Waals surface area contributed by atoms with E-state index in [1.165, 1.54) is 36.7 Å². The number of alkyl halides is 3. The maximum Gasteiger partial charge on any atom is 0.419 e. The van der Waals surface area contributed by atoms with Crippen molar-refractivity contribution in [1.82, 2.24) is 4.57 Å². The lowest BCUT2D eigenvalue weighted by Crippen LogP contribution is -2.26. The summed E-state index contributed by atoms with van der Waals surface area (Å²) in [7, 11) is 1.45. The van der Waals surface area contributed by atoms with Gasteiger partial charge in [0, 0.05) is 16.5 Å². The summed E-state index contributed by atoms with van der Waals surface area (Å²) in [6.07, 6.45) is -4.49. The summed E-state index contributed by atoms with van der Waals surface area (Å²) < 4.78 is 48.6. The molecular weight excluding hydrogens is 435 g/mol. The molecule has 2 aromatic carbocycles. The first-order chi connectivity index (χ1) is 12.1. The molecule has 1 heterocycles. The van der Waals surface area contributed by atoms with Gasteiger partial charge in [-0.05, 0) is 41.3 Å². The van der Waals surface area contributed by atoms with Crippen molar-refractivity contribution in [3.8, 4) is 0 Å². The molecule has 8 heteroatoms. The molecule has 3 nitrogen and oxygen atoms in total. The first kappa shape index (κ1) is 19.0. The normalized spacial score (nSPS) is 14.6. The first-order valence-electron chi connectivity index (χ1n) is 7.70. The summed E-state index contributed by atoms with van der Waals surface area (Å²) >= 11 is 9.43. The van der Waals surface area contributed by atoms with Crippen LogP contribution in [-0.4, -0.2) is 10.7 Å². The van der Waals surface area contributed by atoms with E-state index in [-0.39, 0.29) is 16.2 Å². The highest BCUT2D eigenvalue weighted by Gasteiger charge is 2.45. The Bertz CT molecular complexity index is 1030. The van der Waals surface area contributed by atoms with Gasteiger partial charge in [0.25, 0.3) is 0 Å². The zero-order valence-corrected chi connectivity index (χ0v) is 16.1. The van der Waals surface area contributed by atoms with Crippen LogP contribution in [0, 0.1) is 0 Å². The average Bonchev–Trinajstić information content (AvgIpc) is 2.81. The van der Waals surface area contributed by atoms with Crippen LogP contribution in [0.3, 0.4) is 0 Å². The van der Waals surface area contributed by atoms with E-state index < -0.39 is 23.8 Å². The zero-order valence-electron chi connectivity index (χ0n) is 13.8. The second kappa shape index (κ2) is 6.78. The summed E-state index contributed by atoms with van der Waals surface area (Å²) in [6, 6.07) is 8.90. The van der Waals surface area contributed by atoms with Crippen molar-refractivity contribution >= 4 is 38.6 Å². The van der Waals surface area contributed by atoms with Crippen LogP contribution in [0.4, 0.5) is 13.2 Å². The van der Waals surface area contributed by atoms with Crippen molar-refractivity contribution in [3.63, 3.8) is 0 Å². The summed E-state index contributed by atoms with van der Waals surface area (Å²) in [4.78, 5) is 11.6. The van der Waals surface area contributed by atoms with E-state index in [4.69, 9.17) is 16.0 Å². The smallest absolute Gasteiger partial charge is 0.408 e. The average molecular weight is 449 g/mol. The van der Waals surface area contributed by atoms with Gasteiger partial charge in [0.1, 0.15) is 0 Å². The van der Waals surface area contributed by atoms with Crippen LogP contribution in [0.15, 0.2) is 50.1 Å². The third-order valence-electron chi connectivity index (χ3n) is 4.48. The van der Waals surface area contributed by atoms with Gasteiger partial charge in [-0.25, -0.2) is 4.79 Å². The molecule has 138 valence electrons. The Kier molecular flexibility index (Phi) is 4.96. The number of hydrogen-bond acceptors (Lipinski definition) is 2. The number of rotatable bonds is 3. The predicted molar refractivity (Wildman–Crippen MR) is 97.8 cm³/mol. The highest BCUT2D eigenvalue weighted by Crippen LogP contribution is 2.46. The largest absolute Gasteiger partial charge is 0.419 e. The van der Waals surface area contributed by atoms with E-state index in [2.05, 4.69) is 15.9 Å². The van der Waals surface area contributed by atoms with Crippen LogP contribution in [-0.2, 0) is 7.05 Å². The van der Waals surface area contributed by atoms with Gasteiger partial charge in [-0.15, -0.1) is 0 Å². The minimum Gasteiger partial charge on any atom is -0.408 e. The monoisotopic (exact) mass is 447 g/mol. The van der Waals surface area contributed by atoms with E-state index >= 15 is 0 Å². The van der Waals surface area contributed by atoms with Crippen molar-refractivity contribution in [2.24, 2.45) is 7.05 Å². The molecule has 0 radical (unpaired) electrons. The van der Waals surface area contributed by atoms with E-state index in [1.807, 2.05) is 0 Å². The molecule has 0 spiro atoms. The molecule has 2 atom stereocenters. The number of nitrogens with zero attached hydrogens (tertiary/aromatic N) is 1. The number of halogens is 5. The molecule has 0 saturated heterocycles. The minimum atomic E-state index is -4.49. The molecule has 3 aromatic rings. The van der Waals surface area contributed by atoms with Gasteiger partial charge < -0.3 is 4.42 Å². The SMILES string of the molecule is CC(c1ccc(Br)cc1Cl)C(c1ccc2oc(=O)n(C)c2c1)C(F)(F)F. The van der Waals surface area contributed by atoms with E-state index in [1.54, 1.807) is 18.2 Å².